The van der Waals surface area contributed by atoms with Crippen LogP contribution in [0.25, 0.3) is 10.1 Å². The van der Waals surface area contributed by atoms with Crippen molar-refractivity contribution in [2.75, 3.05) is 49.1 Å². The highest BCUT2D eigenvalue weighted by molar-refractivity contribution is 7.19. The molecular formula is C22H26N6S. The first kappa shape index (κ1) is 19.5. The van der Waals surface area contributed by atoms with Gasteiger partial charge in [-0.25, -0.2) is 9.97 Å². The van der Waals surface area contributed by atoms with Crippen molar-refractivity contribution in [3.05, 3.63) is 66.8 Å². The second kappa shape index (κ2) is 9.15. The van der Waals surface area contributed by atoms with Crippen LogP contribution in [0.5, 0.6) is 0 Å². The maximum atomic E-state index is 4.69. The highest BCUT2D eigenvalue weighted by Gasteiger charge is 2.20. The van der Waals surface area contributed by atoms with Crippen molar-refractivity contribution in [3.63, 3.8) is 0 Å². The molecule has 6 nitrogen and oxygen atoms in total. The van der Waals surface area contributed by atoms with Crippen LogP contribution in [0.4, 0.5) is 11.9 Å². The van der Waals surface area contributed by atoms with Crippen molar-refractivity contribution >= 4 is 33.3 Å². The molecule has 1 saturated heterocycles. The molecule has 0 amide bonds. The Morgan fingerprint density at radius 3 is 2.52 bits per heavy atom. The number of hydrogen-bond donors (Lipinski definition) is 0. The van der Waals surface area contributed by atoms with Gasteiger partial charge in [-0.2, -0.15) is 4.98 Å². The number of fused-ring (bicyclic) bond motifs is 1. The van der Waals surface area contributed by atoms with Crippen molar-refractivity contribution in [2.45, 2.75) is 6.54 Å². The minimum atomic E-state index is 0.669. The summed E-state index contributed by atoms with van der Waals surface area (Å²) in [6, 6.07) is 10.9. The van der Waals surface area contributed by atoms with Crippen molar-refractivity contribution in [2.24, 2.45) is 0 Å². The van der Waals surface area contributed by atoms with Crippen LogP contribution >= 0.6 is 11.3 Å². The van der Waals surface area contributed by atoms with E-state index in [2.05, 4.69) is 68.2 Å². The van der Waals surface area contributed by atoms with Crippen LogP contribution in [0.15, 0.2) is 62.0 Å². The van der Waals surface area contributed by atoms with E-state index in [1.54, 1.807) is 6.33 Å². The Bertz CT molecular complexity index is 933. The molecule has 0 N–H and O–H groups in total. The van der Waals surface area contributed by atoms with Gasteiger partial charge in [0.1, 0.15) is 6.33 Å². The predicted molar refractivity (Wildman–Crippen MR) is 122 cm³/mol. The van der Waals surface area contributed by atoms with Crippen LogP contribution in [0.3, 0.4) is 0 Å². The van der Waals surface area contributed by atoms with Crippen molar-refractivity contribution in [1.29, 1.82) is 0 Å². The average molecular weight is 407 g/mol. The van der Waals surface area contributed by atoms with E-state index in [-0.39, 0.29) is 0 Å². The van der Waals surface area contributed by atoms with Gasteiger partial charge in [0.05, 0.1) is 0 Å². The third-order valence-electron chi connectivity index (χ3n) is 5.04. The van der Waals surface area contributed by atoms with E-state index in [1.807, 2.05) is 28.4 Å². The molecule has 1 fully saturated rings. The summed E-state index contributed by atoms with van der Waals surface area (Å²) in [5.74, 6) is 1.41. The Labute approximate surface area is 175 Å². The lowest BCUT2D eigenvalue weighted by Crippen LogP contribution is -2.46. The van der Waals surface area contributed by atoms with E-state index in [0.717, 1.165) is 38.7 Å². The largest absolute Gasteiger partial charge is 0.338 e. The molecular weight excluding hydrogens is 380 g/mol. The second-order valence-electron chi connectivity index (χ2n) is 7.08. The molecule has 4 rings (SSSR count). The monoisotopic (exact) mass is 406 g/mol. The summed E-state index contributed by atoms with van der Waals surface area (Å²) in [4.78, 5) is 21.6. The van der Waals surface area contributed by atoms with Gasteiger partial charge in [-0.3, -0.25) is 4.90 Å². The fraction of sp³-hybridized carbons (Fsp3) is 0.318. The Kier molecular flexibility index (Phi) is 6.17. The van der Waals surface area contributed by atoms with Crippen LogP contribution in [0, 0.1) is 0 Å². The number of piperazine rings is 1. The minimum absolute atomic E-state index is 0.669. The molecule has 0 atom stereocenters. The summed E-state index contributed by atoms with van der Waals surface area (Å²) in [6.45, 7) is 13.8. The van der Waals surface area contributed by atoms with Crippen LogP contribution in [-0.2, 0) is 6.54 Å². The van der Waals surface area contributed by atoms with Crippen LogP contribution in [0.2, 0.25) is 0 Å². The number of benzene rings is 1. The van der Waals surface area contributed by atoms with Gasteiger partial charge in [-0.1, -0.05) is 30.4 Å². The van der Waals surface area contributed by atoms with Crippen molar-refractivity contribution in [1.82, 2.24) is 19.9 Å². The molecule has 7 heteroatoms. The zero-order chi connectivity index (χ0) is 20.1. The van der Waals surface area contributed by atoms with Gasteiger partial charge in [0.15, 0.2) is 0 Å². The van der Waals surface area contributed by atoms with Gasteiger partial charge in [-0.15, -0.1) is 24.5 Å². The average Bonchev–Trinajstić information content (AvgIpc) is 3.16. The number of aromatic nitrogens is 3. The molecule has 0 unspecified atom stereocenters. The number of anilines is 2. The zero-order valence-electron chi connectivity index (χ0n) is 16.6. The zero-order valence-corrected chi connectivity index (χ0v) is 17.4. The van der Waals surface area contributed by atoms with E-state index in [4.69, 9.17) is 0 Å². The number of rotatable bonds is 8. The first-order chi connectivity index (χ1) is 14.3. The summed E-state index contributed by atoms with van der Waals surface area (Å²) in [5.41, 5.74) is 0. The summed E-state index contributed by atoms with van der Waals surface area (Å²) >= 11 is 1.89. The molecule has 3 aromatic rings. The number of thiophene rings is 1. The molecule has 1 aromatic carbocycles. The Morgan fingerprint density at radius 1 is 1.03 bits per heavy atom. The molecule has 0 aliphatic carbocycles. The topological polar surface area (TPSA) is 48.4 Å². The summed E-state index contributed by atoms with van der Waals surface area (Å²) in [7, 11) is 0. The molecule has 0 bridgehead atoms. The maximum absolute atomic E-state index is 4.69. The van der Waals surface area contributed by atoms with E-state index in [9.17, 15) is 0 Å². The molecule has 150 valence electrons. The Hall–Kier alpha value is -2.77. The van der Waals surface area contributed by atoms with Gasteiger partial charge in [-0.05, 0) is 17.5 Å². The quantitative estimate of drug-likeness (QED) is 0.533. The first-order valence-electron chi connectivity index (χ1n) is 9.87. The van der Waals surface area contributed by atoms with Gasteiger partial charge in [0.25, 0.3) is 0 Å². The van der Waals surface area contributed by atoms with Crippen molar-refractivity contribution < 1.29 is 0 Å². The van der Waals surface area contributed by atoms with E-state index >= 15 is 0 Å². The van der Waals surface area contributed by atoms with Gasteiger partial charge < -0.3 is 9.80 Å². The highest BCUT2D eigenvalue weighted by atomic mass is 32.1. The smallest absolute Gasteiger partial charge is 0.230 e. The van der Waals surface area contributed by atoms with Gasteiger partial charge >= 0.3 is 0 Å². The van der Waals surface area contributed by atoms with E-state index in [1.165, 1.54) is 15.0 Å². The van der Waals surface area contributed by atoms with Crippen LogP contribution < -0.4 is 9.80 Å². The van der Waals surface area contributed by atoms with E-state index in [0.29, 0.717) is 19.0 Å². The lowest BCUT2D eigenvalue weighted by Gasteiger charge is -2.34. The van der Waals surface area contributed by atoms with Crippen LogP contribution in [0.1, 0.15) is 4.88 Å². The lowest BCUT2D eigenvalue weighted by molar-refractivity contribution is 0.251. The maximum Gasteiger partial charge on any atom is 0.230 e. The lowest BCUT2D eigenvalue weighted by atomic mass is 10.2. The fourth-order valence-electron chi connectivity index (χ4n) is 3.57. The number of nitrogens with zero attached hydrogens (tertiary/aromatic N) is 6. The third-order valence-corrected chi connectivity index (χ3v) is 6.14. The van der Waals surface area contributed by atoms with Crippen molar-refractivity contribution in [3.8, 4) is 0 Å². The second-order valence-corrected chi connectivity index (χ2v) is 8.25. The molecule has 29 heavy (non-hydrogen) atoms. The normalized spacial score (nSPS) is 14.8. The summed E-state index contributed by atoms with van der Waals surface area (Å²) < 4.78 is 1.36. The molecule has 0 spiro atoms. The Morgan fingerprint density at radius 2 is 1.79 bits per heavy atom. The summed E-state index contributed by atoms with van der Waals surface area (Å²) in [6.07, 6.45) is 5.29. The third kappa shape index (κ3) is 4.63. The summed E-state index contributed by atoms with van der Waals surface area (Å²) in [5, 5.41) is 1.34. The Balaban J connectivity index is 1.38. The molecule has 1 aliphatic heterocycles. The SMILES string of the molecule is C=CCN(CC=C)c1ncnc(N2CCN(Cc3cc4ccccc4s3)CC2)n1. The molecule has 0 saturated carbocycles. The highest BCUT2D eigenvalue weighted by Crippen LogP contribution is 2.26. The number of hydrogen-bond acceptors (Lipinski definition) is 7. The van der Waals surface area contributed by atoms with Gasteiger partial charge in [0.2, 0.25) is 11.9 Å². The minimum Gasteiger partial charge on any atom is -0.338 e. The van der Waals surface area contributed by atoms with Crippen LogP contribution in [-0.4, -0.2) is 59.1 Å². The molecule has 3 heterocycles. The first-order valence-corrected chi connectivity index (χ1v) is 10.7. The van der Waals surface area contributed by atoms with E-state index < -0.39 is 0 Å². The predicted octanol–water partition coefficient (Wildman–Crippen LogP) is 3.59. The molecule has 0 radical (unpaired) electrons. The standard InChI is InChI=1S/C22H26N6S/c1-3-9-27(10-4-2)21-23-17-24-22(25-21)28-13-11-26(12-14-28)16-19-15-18-7-5-6-8-20(18)29-19/h3-8,15,17H,1-2,9-14,16H2. The molecule has 1 aliphatic rings. The van der Waals surface area contributed by atoms with Gasteiger partial charge in [0, 0.05) is 55.4 Å². The fourth-order valence-corrected chi connectivity index (χ4v) is 4.68. The molecule has 2 aromatic heterocycles.